The van der Waals surface area contributed by atoms with Gasteiger partial charge in [0.15, 0.2) is 0 Å². The van der Waals surface area contributed by atoms with Crippen molar-refractivity contribution in [3.63, 3.8) is 0 Å². The van der Waals surface area contributed by atoms with Gasteiger partial charge in [-0.15, -0.1) is 0 Å². The van der Waals surface area contributed by atoms with Gasteiger partial charge >= 0.3 is 0 Å². The van der Waals surface area contributed by atoms with E-state index in [4.69, 9.17) is 5.73 Å². The maximum atomic E-state index is 13.9. The number of fused-ring (bicyclic) bond motifs is 1. The molecular formula is C18H22F2N4O3. The Hall–Kier alpha value is -2.55. The molecule has 27 heavy (non-hydrogen) atoms. The van der Waals surface area contributed by atoms with Crippen molar-refractivity contribution in [1.82, 2.24) is 15.1 Å². The number of carbonyl (C=O) groups excluding carboxylic acids is 3. The van der Waals surface area contributed by atoms with Crippen molar-refractivity contribution < 1.29 is 23.2 Å². The second-order valence-electron chi connectivity index (χ2n) is 6.77. The molecular weight excluding hydrogens is 358 g/mol. The largest absolute Gasteiger partial charge is 0.342 e. The number of nitrogens with zero attached hydrogens (tertiary/aromatic N) is 2. The number of hydrogen-bond acceptors (Lipinski definition) is 4. The van der Waals surface area contributed by atoms with Crippen molar-refractivity contribution in [1.29, 1.82) is 0 Å². The van der Waals surface area contributed by atoms with E-state index < -0.39 is 29.6 Å². The number of nitrogens with two attached hydrogens (primary N) is 1. The zero-order valence-electron chi connectivity index (χ0n) is 14.8. The molecule has 2 saturated heterocycles. The number of piperazine rings is 2. The van der Waals surface area contributed by atoms with Crippen LogP contribution >= 0.6 is 0 Å². The smallest absolute Gasteiger partial charge is 0.257 e. The Morgan fingerprint density at radius 1 is 1.22 bits per heavy atom. The van der Waals surface area contributed by atoms with Gasteiger partial charge in [-0.25, -0.2) is 8.78 Å². The summed E-state index contributed by atoms with van der Waals surface area (Å²) in [6.45, 7) is 0.795. The molecule has 9 heteroatoms. The van der Waals surface area contributed by atoms with Gasteiger partial charge in [0.2, 0.25) is 11.8 Å². The van der Waals surface area contributed by atoms with E-state index in [0.717, 1.165) is 31.0 Å². The van der Waals surface area contributed by atoms with Crippen molar-refractivity contribution in [2.24, 2.45) is 5.73 Å². The predicted octanol–water partition coefficient (Wildman–Crippen LogP) is 0.245. The minimum atomic E-state index is -0.826. The summed E-state index contributed by atoms with van der Waals surface area (Å²) in [4.78, 5) is 40.3. The molecule has 2 heterocycles. The van der Waals surface area contributed by atoms with E-state index in [1.165, 1.54) is 9.80 Å². The van der Waals surface area contributed by atoms with Crippen LogP contribution in [0.2, 0.25) is 0 Å². The maximum absolute atomic E-state index is 13.9. The number of nitrogens with one attached hydrogen (secondary N) is 1. The fourth-order valence-electron chi connectivity index (χ4n) is 3.51. The second kappa shape index (κ2) is 7.99. The zero-order chi connectivity index (χ0) is 19.6. The standard InChI is InChI=1S/C18H22F2N4O3/c19-11-4-5-13(20)12(9-11)17(26)23-7-8-24-15(10-23)16(25)22-14(18(24)27)3-1-2-6-21/h4-5,9,14-15H,1-3,6-8,10,21H2,(H,22,25)/t14-,15+/m0/s1. The first-order chi connectivity index (χ1) is 12.9. The molecule has 2 aliphatic rings. The average Bonchev–Trinajstić information content (AvgIpc) is 2.66. The number of unbranched alkanes of at least 4 members (excludes halogenated alkanes) is 1. The summed E-state index contributed by atoms with van der Waals surface area (Å²) in [5.74, 6) is -2.76. The average molecular weight is 380 g/mol. The van der Waals surface area contributed by atoms with E-state index in [0.29, 0.717) is 13.0 Å². The lowest BCUT2D eigenvalue weighted by atomic mass is 10.00. The third-order valence-corrected chi connectivity index (χ3v) is 4.97. The van der Waals surface area contributed by atoms with Gasteiger partial charge in [-0.3, -0.25) is 14.4 Å². The van der Waals surface area contributed by atoms with Crippen LogP contribution in [0.15, 0.2) is 18.2 Å². The first-order valence-corrected chi connectivity index (χ1v) is 8.97. The number of hydrogen-bond donors (Lipinski definition) is 2. The molecule has 0 unspecified atom stereocenters. The molecule has 3 N–H and O–H groups in total. The van der Waals surface area contributed by atoms with Crippen LogP contribution in [-0.4, -0.2) is 65.8 Å². The Morgan fingerprint density at radius 3 is 2.74 bits per heavy atom. The van der Waals surface area contributed by atoms with Crippen LogP contribution in [-0.2, 0) is 9.59 Å². The van der Waals surface area contributed by atoms with Crippen LogP contribution in [0.25, 0.3) is 0 Å². The third-order valence-electron chi connectivity index (χ3n) is 4.97. The molecule has 1 aromatic carbocycles. The van der Waals surface area contributed by atoms with Crippen LogP contribution in [0.1, 0.15) is 29.6 Å². The van der Waals surface area contributed by atoms with Gasteiger partial charge in [0.25, 0.3) is 5.91 Å². The first kappa shape index (κ1) is 19.2. The third kappa shape index (κ3) is 3.92. The topological polar surface area (TPSA) is 95.7 Å². The molecule has 2 fully saturated rings. The summed E-state index contributed by atoms with van der Waals surface area (Å²) in [6.07, 6.45) is 2.02. The predicted molar refractivity (Wildman–Crippen MR) is 92.6 cm³/mol. The monoisotopic (exact) mass is 380 g/mol. The quantitative estimate of drug-likeness (QED) is 0.716. The fourth-order valence-corrected chi connectivity index (χ4v) is 3.51. The van der Waals surface area contributed by atoms with Crippen molar-refractivity contribution in [2.75, 3.05) is 26.2 Å². The molecule has 0 aromatic heterocycles. The first-order valence-electron chi connectivity index (χ1n) is 8.97. The van der Waals surface area contributed by atoms with Crippen LogP contribution in [0.4, 0.5) is 8.78 Å². The van der Waals surface area contributed by atoms with Crippen LogP contribution in [0, 0.1) is 11.6 Å². The minimum absolute atomic E-state index is 0.0537. The Labute approximate surface area is 155 Å². The van der Waals surface area contributed by atoms with Crippen molar-refractivity contribution in [3.8, 4) is 0 Å². The summed E-state index contributed by atoms with van der Waals surface area (Å²) >= 11 is 0. The molecule has 1 aromatic rings. The maximum Gasteiger partial charge on any atom is 0.257 e. The lowest BCUT2D eigenvalue weighted by Gasteiger charge is -2.45. The summed E-state index contributed by atoms with van der Waals surface area (Å²) in [5, 5.41) is 2.70. The molecule has 0 radical (unpaired) electrons. The number of halogens is 2. The highest BCUT2D eigenvalue weighted by atomic mass is 19.1. The molecule has 7 nitrogen and oxygen atoms in total. The summed E-state index contributed by atoms with van der Waals surface area (Å²) in [6, 6.07) is 1.26. The van der Waals surface area contributed by atoms with Gasteiger partial charge in [0.1, 0.15) is 23.7 Å². The Bertz CT molecular complexity index is 758. The van der Waals surface area contributed by atoms with Gasteiger partial charge < -0.3 is 20.9 Å². The summed E-state index contributed by atoms with van der Waals surface area (Å²) in [7, 11) is 0. The zero-order valence-corrected chi connectivity index (χ0v) is 14.8. The summed E-state index contributed by atoms with van der Waals surface area (Å²) in [5.41, 5.74) is 5.07. The SMILES string of the molecule is NCCCC[C@@H]1NC(=O)[C@H]2CN(C(=O)c3cc(F)ccc3F)CCN2C1=O. The second-order valence-corrected chi connectivity index (χ2v) is 6.77. The normalized spacial score (nSPS) is 22.5. The molecule has 0 bridgehead atoms. The van der Waals surface area contributed by atoms with Crippen molar-refractivity contribution in [2.45, 2.75) is 31.3 Å². The lowest BCUT2D eigenvalue weighted by molar-refractivity contribution is -0.152. The molecule has 0 aliphatic carbocycles. The molecule has 0 spiro atoms. The van der Waals surface area contributed by atoms with E-state index in [-0.39, 0.29) is 37.0 Å². The number of rotatable bonds is 5. The lowest BCUT2D eigenvalue weighted by Crippen LogP contribution is -2.69. The molecule has 3 rings (SSSR count). The Kier molecular flexibility index (Phi) is 5.69. The minimum Gasteiger partial charge on any atom is -0.342 e. The van der Waals surface area contributed by atoms with E-state index in [9.17, 15) is 23.2 Å². The van der Waals surface area contributed by atoms with E-state index >= 15 is 0 Å². The van der Waals surface area contributed by atoms with Gasteiger partial charge in [-0.05, 0) is 44.0 Å². The van der Waals surface area contributed by atoms with Crippen LogP contribution in [0.3, 0.4) is 0 Å². The number of carbonyl (C=O) groups is 3. The van der Waals surface area contributed by atoms with Gasteiger partial charge in [0.05, 0.1) is 12.1 Å². The molecule has 3 amide bonds. The van der Waals surface area contributed by atoms with Gasteiger partial charge in [-0.2, -0.15) is 0 Å². The Morgan fingerprint density at radius 2 is 2.00 bits per heavy atom. The summed E-state index contributed by atoms with van der Waals surface area (Å²) < 4.78 is 27.2. The number of benzene rings is 1. The van der Waals surface area contributed by atoms with Gasteiger partial charge in [-0.1, -0.05) is 0 Å². The fraction of sp³-hybridized carbons (Fsp3) is 0.500. The molecule has 2 atom stereocenters. The highest BCUT2D eigenvalue weighted by Gasteiger charge is 2.44. The Balaban J connectivity index is 1.70. The van der Waals surface area contributed by atoms with Crippen LogP contribution < -0.4 is 11.1 Å². The van der Waals surface area contributed by atoms with E-state index in [1.54, 1.807) is 0 Å². The van der Waals surface area contributed by atoms with Crippen molar-refractivity contribution >= 4 is 17.7 Å². The van der Waals surface area contributed by atoms with Crippen LogP contribution in [0.5, 0.6) is 0 Å². The van der Waals surface area contributed by atoms with Crippen molar-refractivity contribution in [3.05, 3.63) is 35.4 Å². The highest BCUT2D eigenvalue weighted by Crippen LogP contribution is 2.21. The molecule has 0 saturated carbocycles. The van der Waals surface area contributed by atoms with E-state index in [1.807, 2.05) is 0 Å². The van der Waals surface area contributed by atoms with Gasteiger partial charge in [0, 0.05) is 13.1 Å². The molecule has 2 aliphatic heterocycles. The molecule has 146 valence electrons. The number of amides is 3. The highest BCUT2D eigenvalue weighted by molar-refractivity contribution is 5.99. The van der Waals surface area contributed by atoms with E-state index in [2.05, 4.69) is 5.32 Å².